The first-order chi connectivity index (χ1) is 10.1. The fourth-order valence-electron chi connectivity index (χ4n) is 3.60. The van der Waals surface area contributed by atoms with Gasteiger partial charge in [-0.3, -0.25) is 4.99 Å². The van der Waals surface area contributed by atoms with Crippen molar-refractivity contribution in [2.24, 2.45) is 22.1 Å². The molecule has 2 fully saturated rings. The highest BCUT2D eigenvalue weighted by molar-refractivity contribution is 14.0. The quantitative estimate of drug-likeness (QED) is 0.348. The normalized spacial score (nSPS) is 29.1. The van der Waals surface area contributed by atoms with Crippen molar-refractivity contribution in [3.8, 4) is 0 Å². The van der Waals surface area contributed by atoms with E-state index in [0.717, 1.165) is 38.9 Å². The van der Waals surface area contributed by atoms with Crippen LogP contribution in [0.3, 0.4) is 0 Å². The van der Waals surface area contributed by atoms with Crippen LogP contribution in [0, 0.1) is 11.3 Å². The van der Waals surface area contributed by atoms with Gasteiger partial charge in [-0.1, -0.05) is 0 Å². The number of aliphatic hydroxyl groups is 1. The summed E-state index contributed by atoms with van der Waals surface area (Å²) in [5.74, 6) is 0.640. The Morgan fingerprint density at radius 1 is 1.45 bits per heavy atom. The van der Waals surface area contributed by atoms with Crippen molar-refractivity contribution in [2.75, 3.05) is 33.5 Å². The minimum Gasteiger partial charge on any atom is -0.392 e. The van der Waals surface area contributed by atoms with Gasteiger partial charge in [-0.25, -0.2) is 0 Å². The van der Waals surface area contributed by atoms with E-state index in [0.29, 0.717) is 19.1 Å². The van der Waals surface area contributed by atoms with Crippen LogP contribution in [0.4, 0.5) is 0 Å². The number of nitrogens with zero attached hydrogens (tertiary/aromatic N) is 1. The average Bonchev–Trinajstić information content (AvgIpc) is 2.75. The fraction of sp³-hybridized carbons (Fsp3) is 0.933. The predicted molar refractivity (Wildman–Crippen MR) is 97.6 cm³/mol. The van der Waals surface area contributed by atoms with E-state index in [9.17, 15) is 5.11 Å². The van der Waals surface area contributed by atoms with Crippen molar-refractivity contribution in [3.05, 3.63) is 0 Å². The van der Waals surface area contributed by atoms with Crippen LogP contribution < -0.4 is 11.1 Å². The van der Waals surface area contributed by atoms with Gasteiger partial charge in [0.1, 0.15) is 0 Å². The summed E-state index contributed by atoms with van der Waals surface area (Å²) in [5, 5.41) is 13.7. The van der Waals surface area contributed by atoms with Gasteiger partial charge in [-0.2, -0.15) is 0 Å². The molecule has 0 bridgehead atoms. The molecule has 2 aliphatic rings. The Labute approximate surface area is 150 Å². The summed E-state index contributed by atoms with van der Waals surface area (Å²) in [4.78, 5) is 4.39. The zero-order chi connectivity index (χ0) is 15.3. The molecule has 3 atom stereocenters. The number of nitrogens with one attached hydrogen (secondary N) is 1. The van der Waals surface area contributed by atoms with Crippen LogP contribution in [-0.2, 0) is 9.47 Å². The van der Waals surface area contributed by atoms with Crippen LogP contribution in [0.25, 0.3) is 0 Å². The molecule has 1 heterocycles. The number of hydrogen-bond donors (Lipinski definition) is 3. The van der Waals surface area contributed by atoms with E-state index in [4.69, 9.17) is 15.2 Å². The summed E-state index contributed by atoms with van der Waals surface area (Å²) in [5.41, 5.74) is 5.94. The van der Waals surface area contributed by atoms with Crippen molar-refractivity contribution in [2.45, 2.75) is 44.8 Å². The number of aliphatic hydroxyl groups excluding tert-OH is 1. The first kappa shape index (κ1) is 19.9. The van der Waals surface area contributed by atoms with Crippen LogP contribution in [0.15, 0.2) is 4.99 Å². The second-order valence-corrected chi connectivity index (χ2v) is 6.44. The zero-order valence-corrected chi connectivity index (χ0v) is 15.9. The van der Waals surface area contributed by atoms with Gasteiger partial charge in [0.05, 0.1) is 12.7 Å². The highest BCUT2D eigenvalue weighted by Gasteiger charge is 2.47. The van der Waals surface area contributed by atoms with Crippen LogP contribution in [-0.4, -0.2) is 56.7 Å². The molecule has 1 spiro atoms. The number of ether oxygens (including phenoxy) is 2. The Bertz CT molecular complexity index is 362. The molecule has 0 radical (unpaired) electrons. The third-order valence-corrected chi connectivity index (χ3v) is 4.88. The first-order valence-electron chi connectivity index (χ1n) is 7.88. The van der Waals surface area contributed by atoms with Gasteiger partial charge < -0.3 is 25.6 Å². The third-order valence-electron chi connectivity index (χ3n) is 4.88. The molecule has 4 N–H and O–H groups in total. The van der Waals surface area contributed by atoms with Gasteiger partial charge >= 0.3 is 0 Å². The monoisotopic (exact) mass is 427 g/mol. The predicted octanol–water partition coefficient (Wildman–Crippen LogP) is 1.11. The standard InChI is InChI=1S/C15H29N3O3.HI/c1-11(10-20-2)18-14(16)17-9-12-3-4-15(13(12)19)5-7-21-8-6-15;/h11-13,19H,3-10H2,1-2H3,(H3,16,17,18);1H. The van der Waals surface area contributed by atoms with Crippen molar-refractivity contribution in [1.82, 2.24) is 5.32 Å². The molecule has 0 amide bonds. The second kappa shape index (κ2) is 9.24. The Kier molecular flexibility index (Phi) is 8.37. The fourth-order valence-corrected chi connectivity index (χ4v) is 3.60. The smallest absolute Gasteiger partial charge is 0.188 e. The van der Waals surface area contributed by atoms with E-state index in [2.05, 4.69) is 10.3 Å². The van der Waals surface area contributed by atoms with E-state index in [1.54, 1.807) is 7.11 Å². The Morgan fingerprint density at radius 3 is 2.77 bits per heavy atom. The van der Waals surface area contributed by atoms with E-state index in [1.165, 1.54) is 0 Å². The number of nitrogens with two attached hydrogens (primary N) is 1. The minimum atomic E-state index is -0.283. The van der Waals surface area contributed by atoms with Gasteiger partial charge in [0.2, 0.25) is 0 Å². The number of methoxy groups -OCH3 is 1. The summed E-state index contributed by atoms with van der Waals surface area (Å²) in [6, 6.07) is 0.133. The summed E-state index contributed by atoms with van der Waals surface area (Å²) in [6.07, 6.45) is 3.74. The lowest BCUT2D eigenvalue weighted by Gasteiger charge is -2.37. The minimum absolute atomic E-state index is 0. The molecule has 0 aromatic rings. The molecule has 22 heavy (non-hydrogen) atoms. The average molecular weight is 427 g/mol. The highest BCUT2D eigenvalue weighted by atomic mass is 127. The van der Waals surface area contributed by atoms with Gasteiger partial charge in [0, 0.05) is 44.2 Å². The topological polar surface area (TPSA) is 89.1 Å². The molecular formula is C15H30IN3O3. The summed E-state index contributed by atoms with van der Waals surface area (Å²) in [6.45, 7) is 4.71. The molecule has 130 valence electrons. The van der Waals surface area contributed by atoms with Gasteiger partial charge in [-0.15, -0.1) is 24.0 Å². The van der Waals surface area contributed by atoms with Gasteiger partial charge in [0.15, 0.2) is 5.96 Å². The number of guanidine groups is 1. The zero-order valence-electron chi connectivity index (χ0n) is 13.6. The van der Waals surface area contributed by atoms with Crippen molar-refractivity contribution in [3.63, 3.8) is 0 Å². The van der Waals surface area contributed by atoms with Crippen molar-refractivity contribution >= 4 is 29.9 Å². The maximum absolute atomic E-state index is 10.6. The van der Waals surface area contributed by atoms with Crippen molar-refractivity contribution in [1.29, 1.82) is 0 Å². The lowest BCUT2D eigenvalue weighted by molar-refractivity contribution is -0.0548. The van der Waals surface area contributed by atoms with Crippen LogP contribution >= 0.6 is 24.0 Å². The molecule has 1 saturated heterocycles. The molecule has 7 heteroatoms. The van der Waals surface area contributed by atoms with E-state index < -0.39 is 0 Å². The van der Waals surface area contributed by atoms with E-state index in [1.807, 2.05) is 6.92 Å². The molecule has 3 unspecified atom stereocenters. The molecular weight excluding hydrogens is 397 g/mol. The maximum atomic E-state index is 10.6. The Balaban J connectivity index is 0.00000242. The molecule has 1 saturated carbocycles. The number of hydrogen-bond acceptors (Lipinski definition) is 4. The number of halogens is 1. The summed E-state index contributed by atoms with van der Waals surface area (Å²) < 4.78 is 10.5. The molecule has 0 aromatic heterocycles. The molecule has 0 aromatic carbocycles. The van der Waals surface area contributed by atoms with Crippen LogP contribution in [0.5, 0.6) is 0 Å². The van der Waals surface area contributed by atoms with Crippen LogP contribution in [0.1, 0.15) is 32.6 Å². The highest BCUT2D eigenvalue weighted by Crippen LogP contribution is 2.48. The lowest BCUT2D eigenvalue weighted by Crippen LogP contribution is -2.42. The van der Waals surface area contributed by atoms with Crippen molar-refractivity contribution < 1.29 is 14.6 Å². The van der Waals surface area contributed by atoms with Crippen LogP contribution in [0.2, 0.25) is 0 Å². The summed E-state index contributed by atoms with van der Waals surface area (Å²) in [7, 11) is 1.66. The Morgan fingerprint density at radius 2 is 2.14 bits per heavy atom. The summed E-state index contributed by atoms with van der Waals surface area (Å²) >= 11 is 0. The van der Waals surface area contributed by atoms with E-state index >= 15 is 0 Å². The molecule has 1 aliphatic carbocycles. The lowest BCUT2D eigenvalue weighted by atomic mass is 9.76. The van der Waals surface area contributed by atoms with E-state index in [-0.39, 0.29) is 47.5 Å². The molecule has 6 nitrogen and oxygen atoms in total. The number of aliphatic imine (C=N–C) groups is 1. The first-order valence-corrected chi connectivity index (χ1v) is 7.88. The van der Waals surface area contributed by atoms with Gasteiger partial charge in [-0.05, 0) is 32.6 Å². The number of rotatable bonds is 5. The molecule has 1 aliphatic heterocycles. The maximum Gasteiger partial charge on any atom is 0.188 e. The third kappa shape index (κ3) is 4.94. The SMILES string of the molecule is COCC(C)NC(N)=NCC1CCC2(CCOCC2)C1O.I. The second-order valence-electron chi connectivity index (χ2n) is 6.44. The van der Waals surface area contributed by atoms with Gasteiger partial charge in [0.25, 0.3) is 0 Å². The Hall–Kier alpha value is -0.120. The largest absolute Gasteiger partial charge is 0.392 e. The molecule has 2 rings (SSSR count).